The summed E-state index contributed by atoms with van der Waals surface area (Å²) in [6.07, 6.45) is 2.28. The molecule has 0 aliphatic carbocycles. The normalized spacial score (nSPS) is 29.5. The minimum atomic E-state index is 0.0391. The maximum Gasteiger partial charge on any atom is 0.248 e. The predicted molar refractivity (Wildman–Crippen MR) is 60.9 cm³/mol. The summed E-state index contributed by atoms with van der Waals surface area (Å²) in [5, 5.41) is 0. The Morgan fingerprint density at radius 1 is 1.47 bits per heavy atom. The Bertz CT molecular complexity index is 231. The van der Waals surface area contributed by atoms with Crippen LogP contribution in [-0.2, 0) is 9.53 Å². The Labute approximate surface area is 94.5 Å². The Balaban J connectivity index is 1.95. The number of carbonyl (C=O) groups excluding carboxylic acids is 1. The van der Waals surface area contributed by atoms with Gasteiger partial charge in [-0.15, -0.1) is 0 Å². The van der Waals surface area contributed by atoms with E-state index in [0.29, 0.717) is 19.1 Å². The number of ether oxygens (including phenoxy) is 1. The first-order chi connectivity index (χ1) is 7.31. The van der Waals surface area contributed by atoms with Gasteiger partial charge in [0.05, 0.1) is 6.10 Å². The highest BCUT2D eigenvalue weighted by atomic mass is 32.2. The van der Waals surface area contributed by atoms with Crippen molar-refractivity contribution in [2.24, 2.45) is 5.73 Å². The molecule has 86 valence electrons. The predicted octanol–water partition coefficient (Wildman–Crippen LogP) is 0.0681. The maximum absolute atomic E-state index is 11.7. The molecule has 1 amide bonds. The Morgan fingerprint density at radius 2 is 2.20 bits per heavy atom. The highest BCUT2D eigenvalue weighted by Gasteiger charge is 2.31. The van der Waals surface area contributed by atoms with E-state index in [1.807, 2.05) is 16.7 Å². The zero-order valence-electron chi connectivity index (χ0n) is 8.85. The van der Waals surface area contributed by atoms with Crippen molar-refractivity contribution < 1.29 is 9.53 Å². The SMILES string of the molecule is NCC1CN(C2CCSCC2)C(=O)CO1. The van der Waals surface area contributed by atoms with Gasteiger partial charge in [-0.1, -0.05) is 0 Å². The molecule has 1 unspecified atom stereocenters. The van der Waals surface area contributed by atoms with E-state index in [2.05, 4.69) is 0 Å². The summed E-state index contributed by atoms with van der Waals surface area (Å²) in [4.78, 5) is 13.7. The number of amides is 1. The number of nitrogens with two attached hydrogens (primary N) is 1. The van der Waals surface area contributed by atoms with Crippen molar-refractivity contribution in [3.05, 3.63) is 0 Å². The van der Waals surface area contributed by atoms with Crippen molar-refractivity contribution >= 4 is 17.7 Å². The molecular formula is C10H18N2O2S. The van der Waals surface area contributed by atoms with Gasteiger partial charge in [-0.05, 0) is 24.3 Å². The van der Waals surface area contributed by atoms with Crippen LogP contribution in [0.1, 0.15) is 12.8 Å². The maximum atomic E-state index is 11.7. The van der Waals surface area contributed by atoms with Crippen molar-refractivity contribution in [3.63, 3.8) is 0 Å². The van der Waals surface area contributed by atoms with Crippen molar-refractivity contribution in [2.45, 2.75) is 25.0 Å². The number of rotatable bonds is 2. The minimum Gasteiger partial charge on any atom is -0.365 e. The van der Waals surface area contributed by atoms with Crippen LogP contribution < -0.4 is 5.73 Å². The van der Waals surface area contributed by atoms with Crippen LogP contribution in [0.2, 0.25) is 0 Å². The molecule has 5 heteroatoms. The molecule has 1 atom stereocenters. The number of morpholine rings is 1. The van der Waals surface area contributed by atoms with Gasteiger partial charge in [0.25, 0.3) is 0 Å². The summed E-state index contributed by atoms with van der Waals surface area (Å²) >= 11 is 1.98. The number of hydrogen-bond donors (Lipinski definition) is 1. The number of thioether (sulfide) groups is 1. The van der Waals surface area contributed by atoms with Crippen LogP contribution in [0.3, 0.4) is 0 Å². The fourth-order valence-corrected chi connectivity index (χ4v) is 3.22. The summed E-state index contributed by atoms with van der Waals surface area (Å²) in [7, 11) is 0. The lowest BCUT2D eigenvalue weighted by molar-refractivity contribution is -0.151. The third-order valence-electron chi connectivity index (χ3n) is 3.06. The Hall–Kier alpha value is -0.260. The minimum absolute atomic E-state index is 0.0391. The molecule has 15 heavy (non-hydrogen) atoms. The van der Waals surface area contributed by atoms with Crippen LogP contribution in [0.15, 0.2) is 0 Å². The standard InChI is InChI=1S/C10H18N2O2S/c11-5-9-6-12(10(13)7-14-9)8-1-3-15-4-2-8/h8-9H,1-7,11H2. The smallest absolute Gasteiger partial charge is 0.248 e. The molecule has 4 nitrogen and oxygen atoms in total. The molecule has 2 N–H and O–H groups in total. The largest absolute Gasteiger partial charge is 0.365 e. The van der Waals surface area contributed by atoms with E-state index in [1.165, 1.54) is 11.5 Å². The van der Waals surface area contributed by atoms with Gasteiger partial charge in [0.2, 0.25) is 5.91 Å². The lowest BCUT2D eigenvalue weighted by Crippen LogP contribution is -2.53. The number of carbonyl (C=O) groups is 1. The molecule has 0 aromatic carbocycles. The van der Waals surface area contributed by atoms with Gasteiger partial charge in [-0.25, -0.2) is 0 Å². The lowest BCUT2D eigenvalue weighted by Gasteiger charge is -2.39. The van der Waals surface area contributed by atoms with Gasteiger partial charge < -0.3 is 15.4 Å². The van der Waals surface area contributed by atoms with Gasteiger partial charge in [-0.3, -0.25) is 4.79 Å². The summed E-state index contributed by atoms with van der Waals surface area (Å²) < 4.78 is 5.34. The van der Waals surface area contributed by atoms with E-state index >= 15 is 0 Å². The van der Waals surface area contributed by atoms with Gasteiger partial charge in [0.1, 0.15) is 6.61 Å². The molecular weight excluding hydrogens is 212 g/mol. The van der Waals surface area contributed by atoms with Gasteiger partial charge in [0, 0.05) is 19.1 Å². The van der Waals surface area contributed by atoms with Gasteiger partial charge >= 0.3 is 0 Å². The lowest BCUT2D eigenvalue weighted by atomic mass is 10.1. The fraction of sp³-hybridized carbons (Fsp3) is 0.900. The van der Waals surface area contributed by atoms with Crippen molar-refractivity contribution in [2.75, 3.05) is 31.2 Å². The molecule has 0 aromatic heterocycles. The molecule has 0 spiro atoms. The first-order valence-electron chi connectivity index (χ1n) is 5.50. The number of hydrogen-bond acceptors (Lipinski definition) is 4. The van der Waals surface area contributed by atoms with Crippen LogP contribution in [0, 0.1) is 0 Å². The summed E-state index contributed by atoms with van der Waals surface area (Å²) in [5.74, 6) is 2.47. The first-order valence-corrected chi connectivity index (χ1v) is 6.65. The van der Waals surface area contributed by atoms with E-state index in [0.717, 1.165) is 12.8 Å². The summed E-state index contributed by atoms with van der Waals surface area (Å²) in [6.45, 7) is 1.40. The Kier molecular flexibility index (Phi) is 3.88. The molecule has 2 rings (SSSR count). The van der Waals surface area contributed by atoms with Gasteiger partial charge in [0.15, 0.2) is 0 Å². The average molecular weight is 230 g/mol. The van der Waals surface area contributed by atoms with Crippen LogP contribution in [0.5, 0.6) is 0 Å². The first kappa shape index (κ1) is 11.2. The third-order valence-corrected chi connectivity index (χ3v) is 4.11. The fourth-order valence-electron chi connectivity index (χ4n) is 2.14. The molecule has 0 radical (unpaired) electrons. The monoisotopic (exact) mass is 230 g/mol. The average Bonchev–Trinajstić information content (AvgIpc) is 2.31. The molecule has 0 aromatic rings. The van der Waals surface area contributed by atoms with Crippen molar-refractivity contribution in [1.29, 1.82) is 0 Å². The molecule has 2 aliphatic rings. The summed E-state index contributed by atoms with van der Waals surface area (Å²) in [5.41, 5.74) is 5.57. The topological polar surface area (TPSA) is 55.6 Å². The second-order valence-corrected chi connectivity index (χ2v) is 5.28. The van der Waals surface area contributed by atoms with E-state index in [-0.39, 0.29) is 18.6 Å². The molecule has 2 heterocycles. The van der Waals surface area contributed by atoms with Crippen LogP contribution in [-0.4, -0.2) is 54.2 Å². The van der Waals surface area contributed by atoms with E-state index in [9.17, 15) is 4.79 Å². The molecule has 0 bridgehead atoms. The summed E-state index contributed by atoms with van der Waals surface area (Å²) in [6, 6.07) is 0.427. The van der Waals surface area contributed by atoms with E-state index in [1.54, 1.807) is 0 Å². The van der Waals surface area contributed by atoms with Crippen molar-refractivity contribution in [3.8, 4) is 0 Å². The highest BCUT2D eigenvalue weighted by molar-refractivity contribution is 7.99. The highest BCUT2D eigenvalue weighted by Crippen LogP contribution is 2.23. The zero-order valence-corrected chi connectivity index (χ0v) is 9.67. The van der Waals surface area contributed by atoms with E-state index in [4.69, 9.17) is 10.5 Å². The van der Waals surface area contributed by atoms with Crippen LogP contribution in [0.4, 0.5) is 0 Å². The Morgan fingerprint density at radius 3 is 2.87 bits per heavy atom. The van der Waals surface area contributed by atoms with Crippen LogP contribution >= 0.6 is 11.8 Å². The molecule has 2 fully saturated rings. The molecule has 2 saturated heterocycles. The number of nitrogens with zero attached hydrogens (tertiary/aromatic N) is 1. The third kappa shape index (κ3) is 2.65. The van der Waals surface area contributed by atoms with E-state index < -0.39 is 0 Å². The zero-order chi connectivity index (χ0) is 10.7. The van der Waals surface area contributed by atoms with Gasteiger partial charge in [-0.2, -0.15) is 11.8 Å². The van der Waals surface area contributed by atoms with Crippen LogP contribution in [0.25, 0.3) is 0 Å². The van der Waals surface area contributed by atoms with Crippen molar-refractivity contribution in [1.82, 2.24) is 4.90 Å². The second-order valence-electron chi connectivity index (χ2n) is 4.06. The second kappa shape index (κ2) is 5.18. The molecule has 0 saturated carbocycles. The quantitative estimate of drug-likeness (QED) is 0.729. The molecule has 2 aliphatic heterocycles.